The Morgan fingerprint density at radius 1 is 1.24 bits per heavy atom. The number of urea groups is 1. The van der Waals surface area contributed by atoms with Crippen LogP contribution in [0, 0.1) is 5.92 Å². The predicted octanol–water partition coefficient (Wildman–Crippen LogP) is 4.66. The number of ether oxygens (including phenoxy) is 1. The molecule has 1 aromatic rings. The summed E-state index contributed by atoms with van der Waals surface area (Å²) in [6, 6.07) is 5.83. The van der Waals surface area contributed by atoms with Crippen LogP contribution in [0.15, 0.2) is 35.5 Å². The number of aromatic hydroxyl groups is 1. The Kier molecular flexibility index (Phi) is 7.18. The monoisotopic (exact) mass is 400 g/mol. The molecular formula is C23H32N2O4. The first kappa shape index (κ1) is 21.2. The highest BCUT2D eigenvalue weighted by Gasteiger charge is 2.37. The molecule has 29 heavy (non-hydrogen) atoms. The van der Waals surface area contributed by atoms with Gasteiger partial charge in [0.25, 0.3) is 0 Å². The van der Waals surface area contributed by atoms with Gasteiger partial charge in [0.2, 0.25) is 0 Å². The summed E-state index contributed by atoms with van der Waals surface area (Å²) < 4.78 is 5.76. The van der Waals surface area contributed by atoms with Crippen LogP contribution < -0.4 is 5.32 Å². The van der Waals surface area contributed by atoms with E-state index in [-0.39, 0.29) is 17.7 Å². The molecule has 2 amide bonds. The van der Waals surface area contributed by atoms with Crippen molar-refractivity contribution in [3.05, 3.63) is 41.1 Å². The van der Waals surface area contributed by atoms with Gasteiger partial charge in [-0.15, -0.1) is 0 Å². The third kappa shape index (κ3) is 4.92. The van der Waals surface area contributed by atoms with Gasteiger partial charge in [0.05, 0.1) is 18.2 Å². The van der Waals surface area contributed by atoms with Gasteiger partial charge < -0.3 is 15.2 Å². The van der Waals surface area contributed by atoms with Gasteiger partial charge in [-0.2, -0.15) is 0 Å². The van der Waals surface area contributed by atoms with Crippen molar-refractivity contribution in [2.45, 2.75) is 64.8 Å². The van der Waals surface area contributed by atoms with Crippen LogP contribution in [-0.2, 0) is 9.53 Å². The van der Waals surface area contributed by atoms with Crippen molar-refractivity contribution in [3.8, 4) is 5.75 Å². The van der Waals surface area contributed by atoms with E-state index in [1.807, 2.05) is 19.9 Å². The zero-order chi connectivity index (χ0) is 20.8. The number of esters is 1. The molecule has 2 N–H and O–H groups in total. The fourth-order valence-electron chi connectivity index (χ4n) is 4.36. The lowest BCUT2D eigenvalue weighted by molar-refractivity contribution is -0.141. The summed E-state index contributed by atoms with van der Waals surface area (Å²) >= 11 is 0. The number of amides is 2. The Bertz CT molecular complexity index is 768. The number of carbonyl (C=O) groups excluding carboxylic acids is 2. The van der Waals surface area contributed by atoms with Crippen molar-refractivity contribution in [1.82, 2.24) is 10.2 Å². The molecule has 6 heteroatoms. The molecule has 0 spiro atoms. The smallest absolute Gasteiger partial charge is 0.338 e. The average molecular weight is 401 g/mol. The molecule has 1 aliphatic carbocycles. The second kappa shape index (κ2) is 9.81. The average Bonchev–Trinajstić information content (AvgIpc) is 2.73. The molecule has 1 aromatic carbocycles. The second-order valence-corrected chi connectivity index (χ2v) is 7.95. The van der Waals surface area contributed by atoms with Crippen LogP contribution in [0.3, 0.4) is 0 Å². The van der Waals surface area contributed by atoms with Gasteiger partial charge in [0.15, 0.2) is 0 Å². The number of benzene rings is 1. The molecule has 0 saturated heterocycles. The summed E-state index contributed by atoms with van der Waals surface area (Å²) in [5.74, 6) is 0.144. The molecular weight excluding hydrogens is 368 g/mol. The van der Waals surface area contributed by atoms with E-state index in [1.54, 1.807) is 23.1 Å². The first-order valence-corrected chi connectivity index (χ1v) is 10.8. The zero-order valence-corrected chi connectivity index (χ0v) is 17.4. The topological polar surface area (TPSA) is 78.9 Å². The highest BCUT2D eigenvalue weighted by Crippen LogP contribution is 2.34. The summed E-state index contributed by atoms with van der Waals surface area (Å²) in [4.78, 5) is 27.6. The third-order valence-corrected chi connectivity index (χ3v) is 5.82. The maximum absolute atomic E-state index is 13.2. The summed E-state index contributed by atoms with van der Waals surface area (Å²) in [7, 11) is 0. The Morgan fingerprint density at radius 3 is 2.66 bits per heavy atom. The van der Waals surface area contributed by atoms with Crippen molar-refractivity contribution in [1.29, 1.82) is 0 Å². The van der Waals surface area contributed by atoms with E-state index in [0.29, 0.717) is 42.3 Å². The first-order valence-electron chi connectivity index (χ1n) is 10.8. The van der Waals surface area contributed by atoms with Crippen LogP contribution in [0.2, 0.25) is 0 Å². The Morgan fingerprint density at radius 2 is 2.00 bits per heavy atom. The number of nitrogens with one attached hydrogen (secondary N) is 1. The molecule has 0 radical (unpaired) electrons. The van der Waals surface area contributed by atoms with Gasteiger partial charge in [-0.1, -0.05) is 45.2 Å². The Balaban J connectivity index is 1.92. The van der Waals surface area contributed by atoms with E-state index in [2.05, 4.69) is 5.32 Å². The number of phenolic OH excluding ortho intramolecular Hbond substituents is 1. The lowest BCUT2D eigenvalue weighted by atomic mass is 9.90. The van der Waals surface area contributed by atoms with Crippen LogP contribution in [-0.4, -0.2) is 35.2 Å². The van der Waals surface area contributed by atoms with E-state index in [9.17, 15) is 14.7 Å². The minimum Gasteiger partial charge on any atom is -0.508 e. The standard InChI is InChI=1S/C23H32N2O4/c1-3-13-25-19(4-2)20(22(27)29-15-16-9-6-5-7-10-16)21(24-23(25)28)17-11-8-12-18(26)14-17/h8,11-12,14,16,21,26H,3-7,9-10,13,15H2,1-2H3,(H,24,28). The van der Waals surface area contributed by atoms with Crippen LogP contribution >= 0.6 is 0 Å². The molecule has 0 aromatic heterocycles. The third-order valence-electron chi connectivity index (χ3n) is 5.82. The number of phenols is 1. The minimum absolute atomic E-state index is 0.0979. The van der Waals surface area contributed by atoms with E-state index in [1.165, 1.54) is 19.3 Å². The number of carbonyl (C=O) groups is 2. The quantitative estimate of drug-likeness (QED) is 0.653. The van der Waals surface area contributed by atoms with Gasteiger partial charge in [-0.25, -0.2) is 9.59 Å². The normalized spacial score (nSPS) is 20.6. The van der Waals surface area contributed by atoms with Crippen LogP contribution in [0.4, 0.5) is 4.79 Å². The van der Waals surface area contributed by atoms with Gasteiger partial charge in [0.1, 0.15) is 5.75 Å². The van der Waals surface area contributed by atoms with Crippen LogP contribution in [0.25, 0.3) is 0 Å². The van der Waals surface area contributed by atoms with E-state index < -0.39 is 6.04 Å². The van der Waals surface area contributed by atoms with Crippen molar-refractivity contribution in [2.75, 3.05) is 13.2 Å². The van der Waals surface area contributed by atoms with Gasteiger partial charge in [-0.05, 0) is 49.3 Å². The predicted molar refractivity (Wildman–Crippen MR) is 111 cm³/mol. The first-order chi connectivity index (χ1) is 14.0. The number of nitrogens with zero attached hydrogens (tertiary/aromatic N) is 1. The lowest BCUT2D eigenvalue weighted by Gasteiger charge is -2.36. The molecule has 1 aliphatic heterocycles. The van der Waals surface area contributed by atoms with Crippen molar-refractivity contribution >= 4 is 12.0 Å². The Hall–Kier alpha value is -2.50. The molecule has 0 bridgehead atoms. The van der Waals surface area contributed by atoms with Gasteiger partial charge >= 0.3 is 12.0 Å². The highest BCUT2D eigenvalue weighted by molar-refractivity contribution is 5.95. The van der Waals surface area contributed by atoms with Crippen LogP contribution in [0.5, 0.6) is 5.75 Å². The molecule has 1 unspecified atom stereocenters. The molecule has 1 heterocycles. The molecule has 1 atom stereocenters. The molecule has 158 valence electrons. The van der Waals surface area contributed by atoms with Crippen molar-refractivity contribution in [2.24, 2.45) is 5.92 Å². The fraction of sp³-hybridized carbons (Fsp3) is 0.565. The maximum atomic E-state index is 13.2. The van der Waals surface area contributed by atoms with E-state index in [0.717, 1.165) is 19.3 Å². The van der Waals surface area contributed by atoms with E-state index >= 15 is 0 Å². The molecule has 6 nitrogen and oxygen atoms in total. The largest absolute Gasteiger partial charge is 0.508 e. The second-order valence-electron chi connectivity index (χ2n) is 7.95. The summed E-state index contributed by atoms with van der Waals surface area (Å²) in [5, 5.41) is 12.9. The van der Waals surface area contributed by atoms with Crippen LogP contribution in [0.1, 0.15) is 70.4 Å². The summed E-state index contributed by atoms with van der Waals surface area (Å²) in [6.07, 6.45) is 7.18. The highest BCUT2D eigenvalue weighted by atomic mass is 16.5. The lowest BCUT2D eigenvalue weighted by Crippen LogP contribution is -2.48. The molecule has 2 aliphatic rings. The van der Waals surface area contributed by atoms with Gasteiger partial charge in [0, 0.05) is 12.2 Å². The molecule has 3 rings (SSSR count). The summed E-state index contributed by atoms with van der Waals surface area (Å²) in [5.41, 5.74) is 1.85. The number of hydrogen-bond donors (Lipinski definition) is 2. The molecule has 1 fully saturated rings. The Labute approximate surface area is 172 Å². The van der Waals surface area contributed by atoms with Crippen molar-refractivity contribution < 1.29 is 19.4 Å². The number of rotatable bonds is 7. The minimum atomic E-state index is -0.628. The SMILES string of the molecule is CCCN1C(=O)NC(c2cccc(O)c2)C(C(=O)OCC2CCCCC2)=C1CC. The van der Waals surface area contributed by atoms with E-state index in [4.69, 9.17) is 4.74 Å². The molecule has 1 saturated carbocycles. The summed E-state index contributed by atoms with van der Waals surface area (Å²) in [6.45, 7) is 4.92. The fourth-order valence-corrected chi connectivity index (χ4v) is 4.36. The number of hydrogen-bond acceptors (Lipinski definition) is 4. The zero-order valence-electron chi connectivity index (χ0n) is 17.4. The maximum Gasteiger partial charge on any atom is 0.338 e. The van der Waals surface area contributed by atoms with Crippen molar-refractivity contribution in [3.63, 3.8) is 0 Å². The number of allylic oxidation sites excluding steroid dienone is 1. The van der Waals surface area contributed by atoms with Gasteiger partial charge in [-0.3, -0.25) is 4.90 Å².